The number of amides is 1. The number of nitrogens with zero attached hydrogens (tertiary/aromatic N) is 3. The standard InChI is InChI=1S/C15H30N4O2S/c1-12(2)13-11-19(7-9-22-13)15(16-6-8-21-5)17-10-14(20)18(3)4/h12-13H,6-11H2,1-5H3,(H,16,17). The zero-order chi connectivity index (χ0) is 16.5. The predicted molar refractivity (Wildman–Crippen MR) is 93.5 cm³/mol. The third-order valence-corrected chi connectivity index (χ3v) is 5.13. The molecule has 1 N–H and O–H groups in total. The molecule has 1 atom stereocenters. The van der Waals surface area contributed by atoms with Gasteiger partial charge in [-0.1, -0.05) is 13.8 Å². The zero-order valence-electron chi connectivity index (χ0n) is 14.5. The number of guanidine groups is 1. The summed E-state index contributed by atoms with van der Waals surface area (Å²) in [4.78, 5) is 20.1. The molecule has 0 saturated carbocycles. The van der Waals surface area contributed by atoms with Crippen LogP contribution in [0.3, 0.4) is 0 Å². The monoisotopic (exact) mass is 330 g/mol. The Morgan fingerprint density at radius 2 is 2.23 bits per heavy atom. The highest BCUT2D eigenvalue weighted by molar-refractivity contribution is 8.00. The normalized spacial score (nSPS) is 19.5. The molecule has 1 heterocycles. The van der Waals surface area contributed by atoms with Crippen molar-refractivity contribution < 1.29 is 9.53 Å². The molecule has 0 aliphatic carbocycles. The molecule has 0 bridgehead atoms. The van der Waals surface area contributed by atoms with Crippen LogP contribution >= 0.6 is 11.8 Å². The van der Waals surface area contributed by atoms with Crippen LogP contribution in [0.1, 0.15) is 13.8 Å². The van der Waals surface area contributed by atoms with Gasteiger partial charge in [-0.15, -0.1) is 0 Å². The Hall–Kier alpha value is -0.950. The summed E-state index contributed by atoms with van der Waals surface area (Å²) in [6.45, 7) is 7.94. The van der Waals surface area contributed by atoms with Gasteiger partial charge in [0.05, 0.1) is 6.61 Å². The number of hydrogen-bond acceptors (Lipinski definition) is 4. The molecule has 22 heavy (non-hydrogen) atoms. The number of carbonyl (C=O) groups is 1. The molecule has 0 aromatic rings. The van der Waals surface area contributed by atoms with Gasteiger partial charge < -0.3 is 19.9 Å². The van der Waals surface area contributed by atoms with E-state index in [0.717, 1.165) is 24.8 Å². The molecule has 1 amide bonds. The van der Waals surface area contributed by atoms with Crippen molar-refractivity contribution in [3.63, 3.8) is 0 Å². The number of likely N-dealkylation sites (N-methyl/N-ethyl adjacent to an activating group) is 1. The number of carbonyl (C=O) groups excluding carboxylic acids is 1. The summed E-state index contributed by atoms with van der Waals surface area (Å²) in [5.74, 6) is 2.56. The molecule has 0 aromatic carbocycles. The highest BCUT2D eigenvalue weighted by atomic mass is 32.2. The van der Waals surface area contributed by atoms with Gasteiger partial charge in [-0.25, -0.2) is 4.99 Å². The van der Waals surface area contributed by atoms with E-state index in [4.69, 9.17) is 4.74 Å². The number of ether oxygens (including phenoxy) is 1. The molecule has 1 aliphatic rings. The Morgan fingerprint density at radius 3 is 2.82 bits per heavy atom. The molecule has 1 rings (SSSR count). The maximum atomic E-state index is 11.8. The second-order valence-electron chi connectivity index (χ2n) is 5.95. The fraction of sp³-hybridized carbons (Fsp3) is 0.867. The van der Waals surface area contributed by atoms with E-state index in [9.17, 15) is 4.79 Å². The average Bonchev–Trinajstić information content (AvgIpc) is 2.50. The molecule has 0 spiro atoms. The zero-order valence-corrected chi connectivity index (χ0v) is 15.3. The van der Waals surface area contributed by atoms with E-state index in [-0.39, 0.29) is 12.5 Å². The molecule has 128 valence electrons. The van der Waals surface area contributed by atoms with Crippen LogP contribution in [0, 0.1) is 5.92 Å². The van der Waals surface area contributed by atoms with Crippen molar-refractivity contribution in [3.05, 3.63) is 0 Å². The van der Waals surface area contributed by atoms with E-state index in [1.807, 2.05) is 11.8 Å². The summed E-state index contributed by atoms with van der Waals surface area (Å²) in [5, 5.41) is 3.92. The van der Waals surface area contributed by atoms with E-state index in [0.29, 0.717) is 24.3 Å². The Bertz CT molecular complexity index is 375. The Labute approximate surface area is 138 Å². The first-order valence-corrected chi connectivity index (χ1v) is 8.84. The van der Waals surface area contributed by atoms with Crippen LogP contribution in [0.4, 0.5) is 0 Å². The van der Waals surface area contributed by atoms with E-state index >= 15 is 0 Å². The molecule has 0 radical (unpaired) electrons. The first-order chi connectivity index (χ1) is 10.5. The number of aliphatic imine (C=N–C) groups is 1. The summed E-state index contributed by atoms with van der Waals surface area (Å²) in [6.07, 6.45) is 0. The molecular weight excluding hydrogens is 300 g/mol. The van der Waals surface area contributed by atoms with Crippen LogP contribution in [-0.4, -0.2) is 86.7 Å². The van der Waals surface area contributed by atoms with Crippen LogP contribution in [-0.2, 0) is 9.53 Å². The van der Waals surface area contributed by atoms with Crippen molar-refractivity contribution in [3.8, 4) is 0 Å². The van der Waals surface area contributed by atoms with E-state index in [2.05, 4.69) is 29.1 Å². The van der Waals surface area contributed by atoms with Crippen LogP contribution in [0.25, 0.3) is 0 Å². The lowest BCUT2D eigenvalue weighted by Crippen LogP contribution is -2.50. The minimum atomic E-state index is 0.0119. The van der Waals surface area contributed by atoms with Crippen LogP contribution in [0.2, 0.25) is 0 Å². The van der Waals surface area contributed by atoms with Crippen LogP contribution < -0.4 is 5.32 Å². The molecule has 0 aromatic heterocycles. The Balaban J connectivity index is 2.70. The lowest BCUT2D eigenvalue weighted by molar-refractivity contribution is -0.127. The molecule has 1 unspecified atom stereocenters. The maximum absolute atomic E-state index is 11.8. The lowest BCUT2D eigenvalue weighted by atomic mass is 10.1. The van der Waals surface area contributed by atoms with Gasteiger partial charge in [0.15, 0.2) is 5.96 Å². The summed E-state index contributed by atoms with van der Waals surface area (Å²) < 4.78 is 5.09. The highest BCUT2D eigenvalue weighted by Crippen LogP contribution is 2.24. The van der Waals surface area contributed by atoms with Crippen LogP contribution in [0.15, 0.2) is 4.99 Å². The summed E-state index contributed by atoms with van der Waals surface area (Å²) >= 11 is 2.03. The Morgan fingerprint density at radius 1 is 1.50 bits per heavy atom. The predicted octanol–water partition coefficient (Wildman–Crippen LogP) is 0.740. The fourth-order valence-corrected chi connectivity index (χ4v) is 3.39. The molecule has 1 aliphatic heterocycles. The highest BCUT2D eigenvalue weighted by Gasteiger charge is 2.25. The van der Waals surface area contributed by atoms with Gasteiger partial charge in [0.1, 0.15) is 6.54 Å². The van der Waals surface area contributed by atoms with Crippen molar-refractivity contribution in [1.82, 2.24) is 15.1 Å². The topological polar surface area (TPSA) is 57.2 Å². The van der Waals surface area contributed by atoms with Gasteiger partial charge in [-0.05, 0) is 5.92 Å². The molecular formula is C15H30N4O2S. The van der Waals surface area contributed by atoms with Crippen molar-refractivity contribution in [2.75, 3.05) is 59.7 Å². The third-order valence-electron chi connectivity index (χ3n) is 3.59. The number of hydrogen-bond donors (Lipinski definition) is 1. The first kappa shape index (κ1) is 19.1. The second kappa shape index (κ2) is 9.94. The SMILES string of the molecule is COCCNC(=NCC(=O)N(C)C)N1CCSC(C(C)C)C1. The number of rotatable bonds is 6. The summed E-state index contributed by atoms with van der Waals surface area (Å²) in [7, 11) is 5.19. The van der Waals surface area contributed by atoms with E-state index < -0.39 is 0 Å². The smallest absolute Gasteiger partial charge is 0.243 e. The quantitative estimate of drug-likeness (QED) is 0.442. The third kappa shape index (κ3) is 6.44. The average molecular weight is 330 g/mol. The largest absolute Gasteiger partial charge is 0.383 e. The molecule has 1 saturated heterocycles. The summed E-state index contributed by atoms with van der Waals surface area (Å²) in [5.41, 5.74) is 0. The van der Waals surface area contributed by atoms with Crippen LogP contribution in [0.5, 0.6) is 0 Å². The van der Waals surface area contributed by atoms with Crippen molar-refractivity contribution in [1.29, 1.82) is 0 Å². The molecule has 7 heteroatoms. The number of thioether (sulfide) groups is 1. The fourth-order valence-electron chi connectivity index (χ4n) is 2.09. The summed E-state index contributed by atoms with van der Waals surface area (Å²) in [6, 6.07) is 0. The molecule has 1 fully saturated rings. The van der Waals surface area contributed by atoms with Gasteiger partial charge in [-0.2, -0.15) is 11.8 Å². The number of methoxy groups -OCH3 is 1. The molecule has 6 nitrogen and oxygen atoms in total. The minimum absolute atomic E-state index is 0.0119. The maximum Gasteiger partial charge on any atom is 0.243 e. The van der Waals surface area contributed by atoms with Gasteiger partial charge >= 0.3 is 0 Å². The van der Waals surface area contributed by atoms with Crippen molar-refractivity contribution in [2.45, 2.75) is 19.1 Å². The van der Waals surface area contributed by atoms with Gasteiger partial charge in [0.25, 0.3) is 0 Å². The van der Waals surface area contributed by atoms with Crippen molar-refractivity contribution >= 4 is 23.6 Å². The van der Waals surface area contributed by atoms with E-state index in [1.54, 1.807) is 26.1 Å². The Kier molecular flexibility index (Phi) is 8.63. The van der Waals surface area contributed by atoms with Gasteiger partial charge in [0.2, 0.25) is 5.91 Å². The second-order valence-corrected chi connectivity index (χ2v) is 7.29. The van der Waals surface area contributed by atoms with Crippen molar-refractivity contribution in [2.24, 2.45) is 10.9 Å². The minimum Gasteiger partial charge on any atom is -0.383 e. The lowest BCUT2D eigenvalue weighted by Gasteiger charge is -2.36. The first-order valence-electron chi connectivity index (χ1n) is 7.79. The van der Waals surface area contributed by atoms with Gasteiger partial charge in [0, 0.05) is 51.8 Å². The van der Waals surface area contributed by atoms with E-state index in [1.165, 1.54) is 0 Å². The number of nitrogens with one attached hydrogen (secondary N) is 1. The van der Waals surface area contributed by atoms with Gasteiger partial charge in [-0.3, -0.25) is 4.79 Å².